The Kier molecular flexibility index (Phi) is 2.14. The average Bonchev–Trinajstić information content (AvgIpc) is 2.55. The van der Waals surface area contributed by atoms with Crippen molar-refractivity contribution in [1.82, 2.24) is 13.9 Å². The van der Waals surface area contributed by atoms with Crippen molar-refractivity contribution in [2.45, 2.75) is 5.16 Å². The van der Waals surface area contributed by atoms with Crippen molar-refractivity contribution in [3.63, 3.8) is 0 Å². The van der Waals surface area contributed by atoms with Gasteiger partial charge in [-0.2, -0.15) is 4.37 Å². The van der Waals surface area contributed by atoms with Crippen LogP contribution in [0.2, 0.25) is 0 Å². The molecule has 0 unspecified atom stereocenters. The Hall–Kier alpha value is -0.0700. The van der Waals surface area contributed by atoms with Crippen LogP contribution >= 0.6 is 39.2 Å². The molecule has 3 nitrogen and oxygen atoms in total. The van der Waals surface area contributed by atoms with E-state index in [1.807, 2.05) is 13.3 Å². The maximum absolute atomic E-state index is 4.42. The zero-order valence-corrected chi connectivity index (χ0v) is 9.76. The normalized spacial score (nSPS) is 11.2. The van der Waals surface area contributed by atoms with Crippen LogP contribution in [0.15, 0.2) is 9.76 Å². The summed E-state index contributed by atoms with van der Waals surface area (Å²) in [5.41, 5.74) is 0.965. The first-order chi connectivity index (χ1) is 5.74. The van der Waals surface area contributed by atoms with E-state index in [2.05, 4.69) is 29.9 Å². The molecule has 0 spiro atoms. The predicted octanol–water partition coefficient (Wildman–Crippen LogP) is 2.51. The predicted molar refractivity (Wildman–Crippen MR) is 55.9 cm³/mol. The molecule has 2 heterocycles. The van der Waals surface area contributed by atoms with Gasteiger partial charge in [0, 0.05) is 7.05 Å². The molecule has 0 radical (unpaired) electrons. The van der Waals surface area contributed by atoms with Gasteiger partial charge in [-0.05, 0) is 33.7 Å². The first-order valence-electron chi connectivity index (χ1n) is 3.25. The third-order valence-electron chi connectivity index (χ3n) is 1.59. The van der Waals surface area contributed by atoms with E-state index in [1.165, 1.54) is 11.5 Å². The number of halogens is 1. The van der Waals surface area contributed by atoms with E-state index in [0.29, 0.717) is 0 Å². The van der Waals surface area contributed by atoms with Gasteiger partial charge >= 0.3 is 0 Å². The molecule has 0 aromatic carbocycles. The summed E-state index contributed by atoms with van der Waals surface area (Å²) in [6, 6.07) is 0. The van der Waals surface area contributed by atoms with Crippen LogP contribution in [0.25, 0.3) is 10.3 Å². The number of hydrogen-bond donors (Lipinski definition) is 0. The third kappa shape index (κ3) is 1.09. The highest BCUT2D eigenvalue weighted by atomic mass is 79.9. The average molecular weight is 264 g/mol. The number of fused-ring (bicyclic) bond motifs is 1. The van der Waals surface area contributed by atoms with Crippen molar-refractivity contribution >= 4 is 49.6 Å². The van der Waals surface area contributed by atoms with Crippen molar-refractivity contribution in [2.24, 2.45) is 7.05 Å². The smallest absolute Gasteiger partial charge is 0.169 e. The maximum Gasteiger partial charge on any atom is 0.169 e. The first kappa shape index (κ1) is 8.52. The molecule has 0 saturated carbocycles. The van der Waals surface area contributed by atoms with E-state index >= 15 is 0 Å². The highest BCUT2D eigenvalue weighted by molar-refractivity contribution is 9.10. The van der Waals surface area contributed by atoms with Crippen LogP contribution in [0, 0.1) is 0 Å². The number of thioether (sulfide) groups is 1. The fourth-order valence-corrected chi connectivity index (χ4v) is 2.93. The lowest BCUT2D eigenvalue weighted by atomic mass is 10.6. The lowest BCUT2D eigenvalue weighted by molar-refractivity contribution is 0.820. The van der Waals surface area contributed by atoms with Gasteiger partial charge in [-0.15, -0.1) is 0 Å². The molecule has 0 aliphatic rings. The molecule has 0 fully saturated rings. The van der Waals surface area contributed by atoms with Gasteiger partial charge in [0.05, 0.1) is 0 Å². The van der Waals surface area contributed by atoms with E-state index < -0.39 is 0 Å². The Morgan fingerprint density at radius 1 is 1.58 bits per heavy atom. The maximum atomic E-state index is 4.42. The molecule has 0 atom stereocenters. The summed E-state index contributed by atoms with van der Waals surface area (Å²) in [5.74, 6) is 0. The molecule has 6 heteroatoms. The summed E-state index contributed by atoms with van der Waals surface area (Å²) in [6.07, 6.45) is 2.02. The Balaban J connectivity index is 2.79. The van der Waals surface area contributed by atoms with Crippen molar-refractivity contribution < 1.29 is 0 Å². The van der Waals surface area contributed by atoms with Crippen LogP contribution < -0.4 is 0 Å². The second kappa shape index (κ2) is 3.01. The Bertz CT molecular complexity index is 420. The zero-order valence-electron chi connectivity index (χ0n) is 6.54. The van der Waals surface area contributed by atoms with Crippen LogP contribution in [0.1, 0.15) is 0 Å². The van der Waals surface area contributed by atoms with Gasteiger partial charge in [0.15, 0.2) is 5.16 Å². The summed E-state index contributed by atoms with van der Waals surface area (Å²) < 4.78 is 7.06. The molecular weight excluding hydrogens is 258 g/mol. The van der Waals surface area contributed by atoms with Crippen molar-refractivity contribution in [1.29, 1.82) is 0 Å². The number of aromatic nitrogens is 3. The standard InChI is InChI=1S/C6H6BrN3S2/c1-10-5-3(4(7)9-12-5)8-6(10)11-2/h1-2H3. The van der Waals surface area contributed by atoms with Gasteiger partial charge in [0.2, 0.25) is 0 Å². The molecule has 12 heavy (non-hydrogen) atoms. The fourth-order valence-electron chi connectivity index (χ4n) is 1.01. The molecule has 0 bridgehead atoms. The molecule has 2 aromatic heterocycles. The van der Waals surface area contributed by atoms with Gasteiger partial charge in [0.1, 0.15) is 15.0 Å². The minimum absolute atomic E-state index is 0.846. The van der Waals surface area contributed by atoms with Gasteiger partial charge in [-0.25, -0.2) is 4.98 Å². The van der Waals surface area contributed by atoms with Gasteiger partial charge in [-0.1, -0.05) is 11.8 Å². The molecule has 64 valence electrons. The highest BCUT2D eigenvalue weighted by Crippen LogP contribution is 2.29. The van der Waals surface area contributed by atoms with E-state index in [4.69, 9.17) is 0 Å². The number of nitrogens with zero attached hydrogens (tertiary/aromatic N) is 3. The van der Waals surface area contributed by atoms with Crippen LogP contribution in [0.4, 0.5) is 0 Å². The molecule has 0 aliphatic carbocycles. The van der Waals surface area contributed by atoms with Gasteiger partial charge in [-0.3, -0.25) is 0 Å². The lowest BCUT2D eigenvalue weighted by Crippen LogP contribution is -1.87. The number of hydrogen-bond acceptors (Lipinski definition) is 4. The van der Waals surface area contributed by atoms with E-state index in [1.54, 1.807) is 11.8 Å². The second-order valence-corrected chi connectivity index (χ2v) is 4.56. The highest BCUT2D eigenvalue weighted by Gasteiger charge is 2.12. The minimum atomic E-state index is 0.846. The molecular formula is C6H6BrN3S2. The Morgan fingerprint density at radius 3 is 2.92 bits per heavy atom. The van der Waals surface area contributed by atoms with E-state index in [0.717, 1.165) is 20.1 Å². The molecule has 2 aromatic rings. The summed E-state index contributed by atoms with van der Waals surface area (Å²) in [4.78, 5) is 5.53. The summed E-state index contributed by atoms with van der Waals surface area (Å²) in [5, 5.41) is 1.03. The van der Waals surface area contributed by atoms with Crippen LogP contribution in [-0.4, -0.2) is 20.2 Å². The van der Waals surface area contributed by atoms with Crippen LogP contribution in [0.5, 0.6) is 0 Å². The Morgan fingerprint density at radius 2 is 2.33 bits per heavy atom. The molecule has 0 aliphatic heterocycles. The molecule has 0 N–H and O–H groups in total. The van der Waals surface area contributed by atoms with Gasteiger partial charge < -0.3 is 4.57 Å². The van der Waals surface area contributed by atoms with Crippen LogP contribution in [0.3, 0.4) is 0 Å². The summed E-state index contributed by atoms with van der Waals surface area (Å²) in [7, 11) is 2.01. The van der Waals surface area contributed by atoms with Crippen LogP contribution in [-0.2, 0) is 7.05 Å². The molecule has 0 amide bonds. The SMILES string of the molecule is CSc1nc2c(Br)nsc2n1C. The van der Waals surface area contributed by atoms with Crippen molar-refractivity contribution in [3.8, 4) is 0 Å². The zero-order chi connectivity index (χ0) is 8.72. The quantitative estimate of drug-likeness (QED) is 0.741. The largest absolute Gasteiger partial charge is 0.312 e. The van der Waals surface area contributed by atoms with E-state index in [9.17, 15) is 0 Å². The number of rotatable bonds is 1. The first-order valence-corrected chi connectivity index (χ1v) is 6.04. The fraction of sp³-hybridized carbons (Fsp3) is 0.333. The molecule has 0 saturated heterocycles. The minimum Gasteiger partial charge on any atom is -0.312 e. The Labute approximate surface area is 86.5 Å². The second-order valence-electron chi connectivity index (χ2n) is 2.28. The summed E-state index contributed by atoms with van der Waals surface area (Å²) in [6.45, 7) is 0. The third-order valence-corrected chi connectivity index (χ3v) is 4.02. The topological polar surface area (TPSA) is 30.7 Å². The van der Waals surface area contributed by atoms with Crippen molar-refractivity contribution in [2.75, 3.05) is 6.26 Å². The number of imidazole rings is 1. The van der Waals surface area contributed by atoms with Gasteiger partial charge in [0.25, 0.3) is 0 Å². The number of aryl methyl sites for hydroxylation is 1. The van der Waals surface area contributed by atoms with Crippen molar-refractivity contribution in [3.05, 3.63) is 4.60 Å². The molecule has 2 rings (SSSR count). The monoisotopic (exact) mass is 263 g/mol. The van der Waals surface area contributed by atoms with E-state index in [-0.39, 0.29) is 0 Å². The summed E-state index contributed by atoms with van der Waals surface area (Å²) >= 11 is 6.47. The lowest BCUT2D eigenvalue weighted by Gasteiger charge is -1.93.